The molecule has 4 nitrogen and oxygen atoms in total. The van der Waals surface area contributed by atoms with Gasteiger partial charge in [-0.1, -0.05) is 39.0 Å². The molecule has 1 saturated carbocycles. The molecular weight excluding hydrogens is 280 g/mol. The first-order chi connectivity index (χ1) is 10.5. The van der Waals surface area contributed by atoms with Crippen molar-refractivity contribution in [3.63, 3.8) is 0 Å². The van der Waals surface area contributed by atoms with Crippen LogP contribution in [0.5, 0.6) is 0 Å². The van der Waals surface area contributed by atoms with Crippen molar-refractivity contribution >= 4 is 0 Å². The maximum Gasteiger partial charge on any atom is 0.173 e. The van der Waals surface area contributed by atoms with E-state index < -0.39 is 11.9 Å². The molecule has 2 fully saturated rings. The Morgan fingerprint density at radius 2 is 2.05 bits per heavy atom. The molecule has 1 aliphatic carbocycles. The molecule has 0 amide bonds. The van der Waals surface area contributed by atoms with Gasteiger partial charge < -0.3 is 19.7 Å². The Hall–Kier alpha value is -0.600. The van der Waals surface area contributed by atoms with Crippen LogP contribution in [0.25, 0.3) is 0 Å². The van der Waals surface area contributed by atoms with Gasteiger partial charge in [0.2, 0.25) is 0 Å². The summed E-state index contributed by atoms with van der Waals surface area (Å²) in [6.07, 6.45) is 3.34. The van der Waals surface area contributed by atoms with Crippen LogP contribution < -0.4 is 0 Å². The topological polar surface area (TPSA) is 58.9 Å². The summed E-state index contributed by atoms with van der Waals surface area (Å²) in [5.41, 5.74) is 0. The minimum absolute atomic E-state index is 0.0542. The lowest BCUT2D eigenvalue weighted by Gasteiger charge is -2.50. The molecule has 22 heavy (non-hydrogen) atoms. The van der Waals surface area contributed by atoms with E-state index in [0.29, 0.717) is 24.4 Å². The Labute approximate surface area is 134 Å². The van der Waals surface area contributed by atoms with Crippen molar-refractivity contribution in [1.82, 2.24) is 0 Å². The lowest BCUT2D eigenvalue weighted by molar-refractivity contribution is -0.329. The van der Waals surface area contributed by atoms with Crippen LogP contribution in [0.2, 0.25) is 0 Å². The molecule has 2 aliphatic rings. The van der Waals surface area contributed by atoms with Crippen molar-refractivity contribution in [2.45, 2.75) is 70.9 Å². The van der Waals surface area contributed by atoms with Gasteiger partial charge in [0.25, 0.3) is 0 Å². The molecule has 0 aromatic rings. The zero-order valence-electron chi connectivity index (χ0n) is 14.0. The molecule has 1 unspecified atom stereocenters. The second-order valence-corrected chi connectivity index (χ2v) is 7.11. The molecular formula is C18H30O4. The van der Waals surface area contributed by atoms with E-state index in [1.54, 1.807) is 0 Å². The van der Waals surface area contributed by atoms with Gasteiger partial charge in [-0.2, -0.15) is 0 Å². The second kappa shape index (κ2) is 7.79. The summed E-state index contributed by atoms with van der Waals surface area (Å²) < 4.78 is 12.5. The average Bonchev–Trinajstić information content (AvgIpc) is 2.45. The maximum absolute atomic E-state index is 9.64. The third-order valence-electron chi connectivity index (χ3n) is 4.85. The highest BCUT2D eigenvalue weighted by molar-refractivity contribution is 5.11. The van der Waals surface area contributed by atoms with Gasteiger partial charge in [-0.05, 0) is 18.3 Å². The van der Waals surface area contributed by atoms with Crippen molar-refractivity contribution in [2.75, 3.05) is 13.2 Å². The average molecular weight is 310 g/mol. The number of rotatable bonds is 3. The highest BCUT2D eigenvalue weighted by Gasteiger charge is 2.49. The number of aliphatic hydroxyl groups excluding tert-OH is 2. The standard InChI is InChI=1S/C18H30O4/c1-13(2)17-7-4-14(3)12-18(17)21-11-9-16(22-18)6-5-15(20)8-10-19/h13-17,19-20H,4,7-12H2,1-3H3/t14-,15-,16+,17+,18?/m0/s1. The van der Waals surface area contributed by atoms with Crippen LogP contribution in [-0.2, 0) is 9.47 Å². The summed E-state index contributed by atoms with van der Waals surface area (Å²) >= 11 is 0. The SMILES string of the molecule is CC(C)[C@H]1CC[C@H](C)CC12OCC[C@@H](C#C[C@H](O)CCO)O2. The van der Waals surface area contributed by atoms with Crippen LogP contribution in [0.4, 0.5) is 0 Å². The van der Waals surface area contributed by atoms with Crippen LogP contribution in [0.3, 0.4) is 0 Å². The van der Waals surface area contributed by atoms with Crippen LogP contribution in [0.1, 0.15) is 52.9 Å². The Bertz CT molecular complexity index is 411. The first kappa shape index (κ1) is 17.7. The van der Waals surface area contributed by atoms with E-state index in [-0.39, 0.29) is 19.1 Å². The van der Waals surface area contributed by atoms with Crippen molar-refractivity contribution in [2.24, 2.45) is 17.8 Å². The fourth-order valence-corrected chi connectivity index (χ4v) is 3.72. The van der Waals surface area contributed by atoms with Crippen molar-refractivity contribution in [1.29, 1.82) is 0 Å². The van der Waals surface area contributed by atoms with E-state index in [1.165, 1.54) is 6.42 Å². The molecule has 0 radical (unpaired) electrons. The summed E-state index contributed by atoms with van der Waals surface area (Å²) in [5, 5.41) is 18.5. The van der Waals surface area contributed by atoms with Gasteiger partial charge >= 0.3 is 0 Å². The Balaban J connectivity index is 2.09. The van der Waals surface area contributed by atoms with Gasteiger partial charge in [-0.3, -0.25) is 0 Å². The van der Waals surface area contributed by atoms with E-state index >= 15 is 0 Å². The fourth-order valence-electron chi connectivity index (χ4n) is 3.72. The molecule has 2 N–H and O–H groups in total. The van der Waals surface area contributed by atoms with E-state index in [4.69, 9.17) is 14.6 Å². The fraction of sp³-hybridized carbons (Fsp3) is 0.889. The number of hydrogen-bond donors (Lipinski definition) is 2. The first-order valence-corrected chi connectivity index (χ1v) is 8.58. The molecule has 0 bridgehead atoms. The van der Waals surface area contributed by atoms with Crippen LogP contribution in [-0.4, -0.2) is 41.4 Å². The normalized spacial score (nSPS) is 36.9. The molecule has 1 aliphatic heterocycles. The zero-order chi connectivity index (χ0) is 16.2. The van der Waals surface area contributed by atoms with Crippen LogP contribution in [0, 0.1) is 29.6 Å². The van der Waals surface area contributed by atoms with E-state index in [0.717, 1.165) is 19.3 Å². The van der Waals surface area contributed by atoms with E-state index in [2.05, 4.69) is 32.6 Å². The van der Waals surface area contributed by atoms with Crippen molar-refractivity contribution in [3.8, 4) is 11.8 Å². The lowest BCUT2D eigenvalue weighted by atomic mass is 9.72. The minimum Gasteiger partial charge on any atom is -0.396 e. The third-order valence-corrected chi connectivity index (χ3v) is 4.85. The molecule has 2 rings (SSSR count). The third kappa shape index (κ3) is 4.23. The van der Waals surface area contributed by atoms with Gasteiger partial charge in [0.05, 0.1) is 6.61 Å². The van der Waals surface area contributed by atoms with Crippen molar-refractivity contribution < 1.29 is 19.7 Å². The largest absolute Gasteiger partial charge is 0.396 e. The van der Waals surface area contributed by atoms with Gasteiger partial charge in [0, 0.05) is 31.8 Å². The monoisotopic (exact) mass is 310 g/mol. The van der Waals surface area contributed by atoms with Gasteiger partial charge in [0.15, 0.2) is 5.79 Å². The van der Waals surface area contributed by atoms with Crippen molar-refractivity contribution in [3.05, 3.63) is 0 Å². The molecule has 0 aromatic carbocycles. The predicted octanol–water partition coefficient (Wildman–Crippen LogP) is 2.33. The summed E-state index contributed by atoms with van der Waals surface area (Å²) in [6.45, 7) is 7.32. The second-order valence-electron chi connectivity index (χ2n) is 7.11. The molecule has 0 aromatic heterocycles. The maximum atomic E-state index is 9.64. The molecule has 1 saturated heterocycles. The Kier molecular flexibility index (Phi) is 6.28. The van der Waals surface area contributed by atoms with Crippen LogP contribution >= 0.6 is 0 Å². The molecule has 1 spiro atoms. The number of aliphatic hydroxyl groups is 2. The zero-order valence-corrected chi connectivity index (χ0v) is 14.0. The first-order valence-electron chi connectivity index (χ1n) is 8.58. The summed E-state index contributed by atoms with van der Waals surface area (Å²) in [6, 6.07) is 0. The smallest absolute Gasteiger partial charge is 0.173 e. The molecule has 1 heterocycles. The predicted molar refractivity (Wildman–Crippen MR) is 85.0 cm³/mol. The summed E-state index contributed by atoms with van der Waals surface area (Å²) in [4.78, 5) is 0. The molecule has 5 atom stereocenters. The summed E-state index contributed by atoms with van der Waals surface area (Å²) in [5.74, 6) is 6.84. The van der Waals surface area contributed by atoms with Gasteiger partial charge in [-0.25, -0.2) is 0 Å². The number of ether oxygens (including phenoxy) is 2. The minimum atomic E-state index is -0.779. The van der Waals surface area contributed by atoms with Gasteiger partial charge in [-0.15, -0.1) is 0 Å². The number of hydrogen-bond acceptors (Lipinski definition) is 4. The lowest BCUT2D eigenvalue weighted by Crippen LogP contribution is -2.54. The van der Waals surface area contributed by atoms with Gasteiger partial charge in [0.1, 0.15) is 12.2 Å². The Morgan fingerprint density at radius 1 is 1.27 bits per heavy atom. The van der Waals surface area contributed by atoms with Crippen LogP contribution in [0.15, 0.2) is 0 Å². The molecule has 4 heteroatoms. The van der Waals surface area contributed by atoms with E-state index in [9.17, 15) is 5.11 Å². The molecule has 126 valence electrons. The highest BCUT2D eigenvalue weighted by Crippen LogP contribution is 2.46. The Morgan fingerprint density at radius 3 is 2.73 bits per heavy atom. The summed E-state index contributed by atoms with van der Waals surface area (Å²) in [7, 11) is 0. The quantitative estimate of drug-likeness (QED) is 0.786. The van der Waals surface area contributed by atoms with E-state index in [1.807, 2.05) is 0 Å². The highest BCUT2D eigenvalue weighted by atomic mass is 16.7.